The molecule has 4 nitrogen and oxygen atoms in total. The molecule has 0 aliphatic heterocycles. The molecule has 0 amide bonds. The molecule has 2 atom stereocenters. The molecule has 2 unspecified atom stereocenters. The van der Waals surface area contributed by atoms with E-state index in [1.807, 2.05) is 38.1 Å². The van der Waals surface area contributed by atoms with E-state index in [-0.39, 0.29) is 24.5 Å². The molecule has 0 aliphatic carbocycles. The quantitative estimate of drug-likeness (QED) is 0.752. The fourth-order valence-corrected chi connectivity index (χ4v) is 1.61. The predicted octanol–water partition coefficient (Wildman–Crippen LogP) is 1.47. The third-order valence-corrected chi connectivity index (χ3v) is 3.16. The number of hydrogen-bond acceptors (Lipinski definition) is 4. The van der Waals surface area contributed by atoms with Crippen molar-refractivity contribution in [3.05, 3.63) is 35.4 Å². The zero-order valence-electron chi connectivity index (χ0n) is 11.1. The first-order valence-electron chi connectivity index (χ1n) is 6.08. The largest absolute Gasteiger partial charge is 0.469 e. The van der Waals surface area contributed by atoms with Crippen LogP contribution < -0.4 is 5.32 Å². The molecule has 18 heavy (non-hydrogen) atoms. The Morgan fingerprint density at radius 1 is 1.28 bits per heavy atom. The van der Waals surface area contributed by atoms with Gasteiger partial charge in [0.15, 0.2) is 0 Å². The number of carbonyl (C=O) groups excluding carboxylic acids is 1. The molecule has 0 spiro atoms. The predicted molar refractivity (Wildman–Crippen MR) is 69.8 cm³/mol. The van der Waals surface area contributed by atoms with Crippen molar-refractivity contribution in [1.82, 2.24) is 5.32 Å². The summed E-state index contributed by atoms with van der Waals surface area (Å²) in [5, 5.41) is 12.2. The highest BCUT2D eigenvalue weighted by Crippen LogP contribution is 2.08. The number of carbonyl (C=O) groups is 1. The Morgan fingerprint density at radius 3 is 2.33 bits per heavy atom. The van der Waals surface area contributed by atoms with Gasteiger partial charge in [0, 0.05) is 12.6 Å². The van der Waals surface area contributed by atoms with E-state index in [9.17, 15) is 4.79 Å². The summed E-state index contributed by atoms with van der Waals surface area (Å²) >= 11 is 0. The Balaban J connectivity index is 2.46. The monoisotopic (exact) mass is 251 g/mol. The maximum Gasteiger partial charge on any atom is 0.309 e. The van der Waals surface area contributed by atoms with Gasteiger partial charge in [-0.25, -0.2) is 0 Å². The van der Waals surface area contributed by atoms with Gasteiger partial charge in [0.25, 0.3) is 0 Å². The molecule has 0 aliphatic rings. The minimum atomic E-state index is -0.203. The zero-order chi connectivity index (χ0) is 13.5. The Hall–Kier alpha value is -1.39. The van der Waals surface area contributed by atoms with Crippen molar-refractivity contribution in [1.29, 1.82) is 0 Å². The summed E-state index contributed by atoms with van der Waals surface area (Å²) in [5.74, 6) is -0.377. The minimum Gasteiger partial charge on any atom is -0.469 e. The van der Waals surface area contributed by atoms with E-state index in [0.29, 0.717) is 6.54 Å². The number of aliphatic hydroxyl groups is 1. The molecule has 100 valence electrons. The maximum atomic E-state index is 11.4. The second kappa shape index (κ2) is 7.13. The Bertz CT molecular complexity index is 375. The van der Waals surface area contributed by atoms with Crippen LogP contribution in [0, 0.1) is 5.92 Å². The van der Waals surface area contributed by atoms with E-state index in [4.69, 9.17) is 9.84 Å². The van der Waals surface area contributed by atoms with Gasteiger partial charge in [-0.15, -0.1) is 0 Å². The van der Waals surface area contributed by atoms with Crippen LogP contribution in [0.25, 0.3) is 0 Å². The van der Waals surface area contributed by atoms with Crippen molar-refractivity contribution in [3.63, 3.8) is 0 Å². The minimum absolute atomic E-state index is 0.0509. The van der Waals surface area contributed by atoms with Crippen LogP contribution in [0.5, 0.6) is 0 Å². The van der Waals surface area contributed by atoms with Crippen LogP contribution in [-0.4, -0.2) is 24.2 Å². The molecule has 0 saturated carbocycles. The highest BCUT2D eigenvalue weighted by molar-refractivity contribution is 5.72. The average Bonchev–Trinajstić information content (AvgIpc) is 2.43. The number of methoxy groups -OCH3 is 1. The fourth-order valence-electron chi connectivity index (χ4n) is 1.61. The number of rotatable bonds is 6. The summed E-state index contributed by atoms with van der Waals surface area (Å²) in [6.45, 7) is 4.56. The summed E-state index contributed by atoms with van der Waals surface area (Å²) in [5.41, 5.74) is 2.02. The first kappa shape index (κ1) is 14.7. The Morgan fingerprint density at radius 2 is 1.83 bits per heavy atom. The van der Waals surface area contributed by atoms with Crippen LogP contribution in [0.1, 0.15) is 25.0 Å². The van der Waals surface area contributed by atoms with E-state index >= 15 is 0 Å². The number of esters is 1. The molecule has 0 heterocycles. The second-order valence-electron chi connectivity index (χ2n) is 4.46. The van der Waals surface area contributed by atoms with Gasteiger partial charge < -0.3 is 15.2 Å². The zero-order valence-corrected chi connectivity index (χ0v) is 11.1. The van der Waals surface area contributed by atoms with Crippen molar-refractivity contribution >= 4 is 5.97 Å². The highest BCUT2D eigenvalue weighted by Gasteiger charge is 2.19. The van der Waals surface area contributed by atoms with Crippen LogP contribution >= 0.6 is 0 Å². The molecule has 1 aromatic carbocycles. The van der Waals surface area contributed by atoms with Gasteiger partial charge in [0.2, 0.25) is 0 Å². The van der Waals surface area contributed by atoms with E-state index < -0.39 is 0 Å². The molecule has 2 N–H and O–H groups in total. The topological polar surface area (TPSA) is 58.6 Å². The summed E-state index contributed by atoms with van der Waals surface area (Å²) in [4.78, 5) is 11.4. The number of nitrogens with one attached hydrogen (secondary N) is 1. The van der Waals surface area contributed by atoms with Gasteiger partial charge >= 0.3 is 5.97 Å². The smallest absolute Gasteiger partial charge is 0.309 e. The molecule has 1 aromatic rings. The van der Waals surface area contributed by atoms with E-state index in [0.717, 1.165) is 11.1 Å². The number of hydrogen-bond donors (Lipinski definition) is 2. The van der Waals surface area contributed by atoms with Gasteiger partial charge in [0.05, 0.1) is 19.6 Å². The first-order valence-corrected chi connectivity index (χ1v) is 6.08. The molecule has 4 heteroatoms. The molecule has 0 radical (unpaired) electrons. The van der Waals surface area contributed by atoms with Gasteiger partial charge in [0.1, 0.15) is 0 Å². The van der Waals surface area contributed by atoms with Crippen molar-refractivity contribution < 1.29 is 14.6 Å². The van der Waals surface area contributed by atoms with Crippen LogP contribution in [0.4, 0.5) is 0 Å². The highest BCUT2D eigenvalue weighted by atomic mass is 16.5. The van der Waals surface area contributed by atoms with Gasteiger partial charge in [-0.2, -0.15) is 0 Å². The lowest BCUT2D eigenvalue weighted by atomic mass is 10.0. The molecule has 1 rings (SSSR count). The first-order chi connectivity index (χ1) is 8.58. The average molecular weight is 251 g/mol. The number of ether oxygens (including phenoxy) is 1. The summed E-state index contributed by atoms with van der Waals surface area (Å²) < 4.78 is 4.71. The van der Waals surface area contributed by atoms with Crippen LogP contribution in [-0.2, 0) is 22.7 Å². The molecule has 0 saturated heterocycles. The van der Waals surface area contributed by atoms with Crippen molar-refractivity contribution in [2.45, 2.75) is 33.0 Å². The number of aliphatic hydroxyl groups excluding tert-OH is 1. The van der Waals surface area contributed by atoms with E-state index in [1.165, 1.54) is 7.11 Å². The van der Waals surface area contributed by atoms with Crippen LogP contribution in [0.15, 0.2) is 24.3 Å². The SMILES string of the molecule is COC(=O)C(C)C(C)NCc1ccc(CO)cc1. The fraction of sp³-hybridized carbons (Fsp3) is 0.500. The maximum absolute atomic E-state index is 11.4. The Kier molecular flexibility index (Phi) is 5.82. The lowest BCUT2D eigenvalue weighted by Gasteiger charge is -2.19. The number of benzene rings is 1. The summed E-state index contributed by atoms with van der Waals surface area (Å²) in [6, 6.07) is 7.77. The van der Waals surface area contributed by atoms with Crippen molar-refractivity contribution in [2.75, 3.05) is 7.11 Å². The van der Waals surface area contributed by atoms with Gasteiger partial charge in [-0.05, 0) is 18.1 Å². The van der Waals surface area contributed by atoms with Crippen LogP contribution in [0.3, 0.4) is 0 Å². The standard InChI is InChI=1S/C14H21NO3/c1-10(14(17)18-3)11(2)15-8-12-4-6-13(9-16)7-5-12/h4-7,10-11,15-16H,8-9H2,1-3H3. The second-order valence-corrected chi connectivity index (χ2v) is 4.46. The van der Waals surface area contributed by atoms with E-state index in [2.05, 4.69) is 5.32 Å². The van der Waals surface area contributed by atoms with Crippen molar-refractivity contribution in [2.24, 2.45) is 5.92 Å². The van der Waals surface area contributed by atoms with Gasteiger partial charge in [-0.3, -0.25) is 4.79 Å². The van der Waals surface area contributed by atoms with Crippen LogP contribution in [0.2, 0.25) is 0 Å². The molecule has 0 bridgehead atoms. The lowest BCUT2D eigenvalue weighted by Crippen LogP contribution is -2.36. The Labute approximate surface area is 108 Å². The summed E-state index contributed by atoms with van der Waals surface area (Å²) in [6.07, 6.45) is 0. The summed E-state index contributed by atoms with van der Waals surface area (Å²) in [7, 11) is 1.40. The molecular formula is C14H21NO3. The third-order valence-electron chi connectivity index (χ3n) is 3.16. The van der Waals surface area contributed by atoms with Crippen molar-refractivity contribution in [3.8, 4) is 0 Å². The van der Waals surface area contributed by atoms with E-state index in [1.54, 1.807) is 0 Å². The third kappa shape index (κ3) is 4.13. The lowest BCUT2D eigenvalue weighted by molar-refractivity contribution is -0.145. The molecule has 0 fully saturated rings. The molecule has 0 aromatic heterocycles. The molecular weight excluding hydrogens is 230 g/mol. The normalized spacial score (nSPS) is 14.0. The van der Waals surface area contributed by atoms with Gasteiger partial charge in [-0.1, -0.05) is 31.2 Å².